The molecule has 0 unspecified atom stereocenters. The topological polar surface area (TPSA) is 0 Å². The summed E-state index contributed by atoms with van der Waals surface area (Å²) in [4.78, 5) is 0. The van der Waals surface area contributed by atoms with E-state index < -0.39 is 0 Å². The Kier molecular flexibility index (Phi) is 5.37. The molecular formula is C12H14. The van der Waals surface area contributed by atoms with Crippen LogP contribution >= 0.6 is 0 Å². The minimum absolute atomic E-state index is 0.975. The normalized spacial score (nSPS) is 9.00. The van der Waals surface area contributed by atoms with Crippen molar-refractivity contribution >= 4 is 0 Å². The Bertz CT molecular complexity index is 239. The summed E-state index contributed by atoms with van der Waals surface area (Å²) in [6, 6.07) is 0. The molecule has 0 heterocycles. The lowest BCUT2D eigenvalue weighted by atomic mass is 10.1. The van der Waals surface area contributed by atoms with Crippen LogP contribution in [0.1, 0.15) is 0 Å². The molecule has 0 fully saturated rings. The number of allylic oxidation sites excluding steroid dienone is 8. The molecular weight excluding hydrogens is 144 g/mol. The van der Waals surface area contributed by atoms with E-state index in [1.165, 1.54) is 0 Å². The third-order valence-corrected chi connectivity index (χ3v) is 1.40. The maximum absolute atomic E-state index is 3.69. The Labute approximate surface area is 74.6 Å². The first-order chi connectivity index (χ1) is 5.79. The van der Waals surface area contributed by atoms with Gasteiger partial charge in [-0.2, -0.15) is 0 Å². The highest BCUT2D eigenvalue weighted by atomic mass is 13.9. The van der Waals surface area contributed by atoms with Crippen LogP contribution < -0.4 is 0 Å². The molecule has 0 aliphatic rings. The van der Waals surface area contributed by atoms with Gasteiger partial charge in [0.2, 0.25) is 0 Å². The van der Waals surface area contributed by atoms with Crippen LogP contribution in [-0.4, -0.2) is 0 Å². The minimum atomic E-state index is 0.975. The van der Waals surface area contributed by atoms with Gasteiger partial charge in [0.05, 0.1) is 0 Å². The average molecular weight is 158 g/mol. The van der Waals surface area contributed by atoms with Crippen LogP contribution in [-0.2, 0) is 0 Å². The molecule has 0 bridgehead atoms. The Morgan fingerprint density at radius 1 is 0.750 bits per heavy atom. The van der Waals surface area contributed by atoms with Crippen molar-refractivity contribution in [1.29, 1.82) is 0 Å². The SMILES string of the molecule is C=C/C=C\C(C=C)=C(C=C)C=C. The van der Waals surface area contributed by atoms with Crippen molar-refractivity contribution in [3.05, 3.63) is 73.9 Å². The molecule has 0 spiro atoms. The molecule has 0 aromatic carbocycles. The predicted molar refractivity (Wildman–Crippen MR) is 57.0 cm³/mol. The zero-order valence-electron chi connectivity index (χ0n) is 7.29. The summed E-state index contributed by atoms with van der Waals surface area (Å²) in [7, 11) is 0. The van der Waals surface area contributed by atoms with Gasteiger partial charge in [0, 0.05) is 0 Å². The standard InChI is InChI=1S/C12H14/c1-5-9-10-12(8-4)11(6-2)7-3/h5-10H,1-4H2/b10-9-. The summed E-state index contributed by atoms with van der Waals surface area (Å²) in [6.07, 6.45) is 10.7. The van der Waals surface area contributed by atoms with Gasteiger partial charge < -0.3 is 0 Å². The summed E-state index contributed by atoms with van der Waals surface area (Å²) >= 11 is 0. The van der Waals surface area contributed by atoms with Gasteiger partial charge in [-0.05, 0) is 11.1 Å². The van der Waals surface area contributed by atoms with Crippen LogP contribution in [0.2, 0.25) is 0 Å². The van der Waals surface area contributed by atoms with Crippen LogP contribution in [0.4, 0.5) is 0 Å². The number of hydrogen-bond donors (Lipinski definition) is 0. The van der Waals surface area contributed by atoms with Crippen molar-refractivity contribution in [3.8, 4) is 0 Å². The molecule has 0 aromatic heterocycles. The Hall–Kier alpha value is -1.56. The van der Waals surface area contributed by atoms with E-state index in [1.54, 1.807) is 24.3 Å². The minimum Gasteiger partial charge on any atom is -0.0991 e. The largest absolute Gasteiger partial charge is 0.0991 e. The molecule has 0 saturated carbocycles. The zero-order chi connectivity index (χ0) is 9.40. The van der Waals surface area contributed by atoms with E-state index >= 15 is 0 Å². The second-order valence-electron chi connectivity index (χ2n) is 2.12. The first-order valence-corrected chi connectivity index (χ1v) is 3.70. The lowest BCUT2D eigenvalue weighted by Crippen LogP contribution is -1.77. The molecule has 0 rings (SSSR count). The van der Waals surface area contributed by atoms with Crippen molar-refractivity contribution in [1.82, 2.24) is 0 Å². The zero-order valence-corrected chi connectivity index (χ0v) is 7.29. The molecule has 0 aliphatic heterocycles. The highest BCUT2D eigenvalue weighted by Crippen LogP contribution is 2.09. The van der Waals surface area contributed by atoms with Crippen LogP contribution in [0.5, 0.6) is 0 Å². The van der Waals surface area contributed by atoms with E-state index in [9.17, 15) is 0 Å². The maximum Gasteiger partial charge on any atom is -0.0190 e. The molecule has 12 heavy (non-hydrogen) atoms. The first-order valence-electron chi connectivity index (χ1n) is 3.70. The Morgan fingerprint density at radius 3 is 1.58 bits per heavy atom. The van der Waals surface area contributed by atoms with Gasteiger partial charge in [-0.3, -0.25) is 0 Å². The van der Waals surface area contributed by atoms with Crippen LogP contribution in [0, 0.1) is 0 Å². The number of hydrogen-bond acceptors (Lipinski definition) is 0. The van der Waals surface area contributed by atoms with Crippen molar-refractivity contribution in [3.63, 3.8) is 0 Å². The molecule has 62 valence electrons. The molecule has 0 radical (unpaired) electrons. The van der Waals surface area contributed by atoms with Crippen LogP contribution in [0.15, 0.2) is 73.9 Å². The highest BCUT2D eigenvalue weighted by Gasteiger charge is 1.89. The molecule has 0 aliphatic carbocycles. The van der Waals surface area contributed by atoms with E-state index in [-0.39, 0.29) is 0 Å². The lowest BCUT2D eigenvalue weighted by Gasteiger charge is -1.97. The van der Waals surface area contributed by atoms with Gasteiger partial charge in [0.1, 0.15) is 0 Å². The number of rotatable bonds is 5. The summed E-state index contributed by atoms with van der Waals surface area (Å²) in [5.41, 5.74) is 1.98. The van der Waals surface area contributed by atoms with E-state index in [2.05, 4.69) is 26.3 Å². The fourth-order valence-corrected chi connectivity index (χ4v) is 0.773. The third kappa shape index (κ3) is 3.02. The van der Waals surface area contributed by atoms with Crippen molar-refractivity contribution in [2.45, 2.75) is 0 Å². The molecule has 0 saturated heterocycles. The molecule has 0 nitrogen and oxygen atoms in total. The van der Waals surface area contributed by atoms with Crippen molar-refractivity contribution in [2.75, 3.05) is 0 Å². The summed E-state index contributed by atoms with van der Waals surface area (Å²) in [6.45, 7) is 14.6. The van der Waals surface area contributed by atoms with Gasteiger partial charge in [-0.1, -0.05) is 62.8 Å². The molecule has 0 atom stereocenters. The van der Waals surface area contributed by atoms with Crippen LogP contribution in [0.3, 0.4) is 0 Å². The predicted octanol–water partition coefficient (Wildman–Crippen LogP) is 3.58. The Balaban J connectivity index is 4.93. The molecule has 0 heteroatoms. The molecule has 0 aromatic rings. The smallest absolute Gasteiger partial charge is 0.0190 e. The van der Waals surface area contributed by atoms with Crippen molar-refractivity contribution < 1.29 is 0 Å². The lowest BCUT2D eigenvalue weighted by molar-refractivity contribution is 1.59. The highest BCUT2D eigenvalue weighted by molar-refractivity contribution is 5.45. The maximum atomic E-state index is 3.69. The fraction of sp³-hybridized carbons (Fsp3) is 0. The Morgan fingerprint density at radius 2 is 1.25 bits per heavy atom. The van der Waals surface area contributed by atoms with E-state index in [4.69, 9.17) is 0 Å². The fourth-order valence-electron chi connectivity index (χ4n) is 0.773. The van der Waals surface area contributed by atoms with E-state index in [0.29, 0.717) is 0 Å². The van der Waals surface area contributed by atoms with Gasteiger partial charge in [-0.25, -0.2) is 0 Å². The van der Waals surface area contributed by atoms with Gasteiger partial charge in [0.25, 0.3) is 0 Å². The van der Waals surface area contributed by atoms with E-state index in [1.807, 2.05) is 12.2 Å². The quantitative estimate of drug-likeness (QED) is 0.536. The van der Waals surface area contributed by atoms with Crippen LogP contribution in [0.25, 0.3) is 0 Å². The molecule has 0 N–H and O–H groups in total. The monoisotopic (exact) mass is 158 g/mol. The summed E-state index contributed by atoms with van der Waals surface area (Å²) in [5.74, 6) is 0. The van der Waals surface area contributed by atoms with E-state index in [0.717, 1.165) is 11.1 Å². The second-order valence-corrected chi connectivity index (χ2v) is 2.12. The first kappa shape index (κ1) is 10.4. The van der Waals surface area contributed by atoms with Gasteiger partial charge in [-0.15, -0.1) is 0 Å². The third-order valence-electron chi connectivity index (χ3n) is 1.40. The average Bonchev–Trinajstić information content (AvgIpc) is 2.12. The summed E-state index contributed by atoms with van der Waals surface area (Å²) < 4.78 is 0. The van der Waals surface area contributed by atoms with Gasteiger partial charge in [0.15, 0.2) is 0 Å². The van der Waals surface area contributed by atoms with Gasteiger partial charge >= 0.3 is 0 Å². The second kappa shape index (κ2) is 6.17. The summed E-state index contributed by atoms with van der Waals surface area (Å²) in [5, 5.41) is 0. The van der Waals surface area contributed by atoms with Crippen molar-refractivity contribution in [2.24, 2.45) is 0 Å². The molecule has 0 amide bonds.